The minimum Gasteiger partial charge on any atom is -0.444 e. The molecule has 0 spiro atoms. The number of thiazole rings is 1. The van der Waals surface area contributed by atoms with E-state index in [0.717, 1.165) is 11.3 Å². The van der Waals surface area contributed by atoms with Crippen LogP contribution in [0.15, 0.2) is 51.9 Å². The minimum atomic E-state index is -0.879. The first-order valence-corrected chi connectivity index (χ1v) is 12.2. The zero-order chi connectivity index (χ0) is 24.5. The SMILES string of the molecule is CC(C)(C)OC(=O)N1CC[C@H]2CC(=Nc3ccc(F)cc3)/C(=C\N)C[C@]2(C(=O)c2cscn2)C1. The summed E-state index contributed by atoms with van der Waals surface area (Å²) in [6.07, 6.45) is 2.54. The average molecular weight is 485 g/mol. The van der Waals surface area contributed by atoms with Gasteiger partial charge in [0.1, 0.15) is 17.1 Å². The van der Waals surface area contributed by atoms with Crippen molar-refractivity contribution in [1.29, 1.82) is 0 Å². The van der Waals surface area contributed by atoms with Crippen LogP contribution in [-0.4, -0.2) is 46.2 Å². The highest BCUT2D eigenvalue weighted by atomic mass is 32.1. The number of carbonyl (C=O) groups is 2. The van der Waals surface area contributed by atoms with E-state index in [2.05, 4.69) is 4.98 Å². The second kappa shape index (κ2) is 9.29. The van der Waals surface area contributed by atoms with E-state index in [-0.39, 0.29) is 24.1 Å². The van der Waals surface area contributed by atoms with Crippen LogP contribution in [0.3, 0.4) is 0 Å². The molecular formula is C25H29FN4O3S. The molecule has 1 aromatic heterocycles. The van der Waals surface area contributed by atoms with E-state index in [9.17, 15) is 14.0 Å². The molecule has 1 saturated carbocycles. The summed E-state index contributed by atoms with van der Waals surface area (Å²) in [4.78, 5) is 37.4. The number of carbonyl (C=O) groups excluding carboxylic acids is 2. The summed E-state index contributed by atoms with van der Waals surface area (Å²) in [5.74, 6) is -0.472. The number of Topliss-reactive ketones (excluding diaryl/α,β-unsaturated/α-hetero) is 1. The monoisotopic (exact) mass is 484 g/mol. The van der Waals surface area contributed by atoms with Crippen LogP contribution < -0.4 is 5.73 Å². The molecule has 0 unspecified atom stereocenters. The lowest BCUT2D eigenvalue weighted by Gasteiger charge is -2.50. The Balaban J connectivity index is 1.70. The molecule has 2 aliphatic rings. The van der Waals surface area contributed by atoms with Crippen molar-refractivity contribution < 1.29 is 18.7 Å². The van der Waals surface area contributed by atoms with Gasteiger partial charge in [-0.05, 0) is 82.0 Å². The molecule has 1 saturated heterocycles. The van der Waals surface area contributed by atoms with E-state index in [0.29, 0.717) is 37.2 Å². The molecular weight excluding hydrogens is 455 g/mol. The lowest BCUT2D eigenvalue weighted by Crippen LogP contribution is -2.57. The highest BCUT2D eigenvalue weighted by molar-refractivity contribution is 7.07. The topological polar surface area (TPSA) is 97.9 Å². The van der Waals surface area contributed by atoms with Crippen molar-refractivity contribution in [2.45, 2.75) is 45.6 Å². The summed E-state index contributed by atoms with van der Waals surface area (Å²) in [5, 5.41) is 1.74. The van der Waals surface area contributed by atoms with E-state index < -0.39 is 17.1 Å². The van der Waals surface area contributed by atoms with Gasteiger partial charge in [-0.15, -0.1) is 11.3 Å². The van der Waals surface area contributed by atoms with Crippen molar-refractivity contribution in [1.82, 2.24) is 9.88 Å². The number of piperidine rings is 1. The Morgan fingerprint density at radius 1 is 1.32 bits per heavy atom. The maximum atomic E-state index is 13.9. The van der Waals surface area contributed by atoms with Gasteiger partial charge in [-0.3, -0.25) is 9.79 Å². The molecule has 0 bridgehead atoms. The van der Waals surface area contributed by atoms with Crippen LogP contribution in [0.25, 0.3) is 0 Å². The first-order valence-electron chi connectivity index (χ1n) is 11.3. The maximum Gasteiger partial charge on any atom is 0.410 e. The average Bonchev–Trinajstić information content (AvgIpc) is 3.33. The first-order chi connectivity index (χ1) is 16.1. The summed E-state index contributed by atoms with van der Waals surface area (Å²) < 4.78 is 18.9. The number of rotatable bonds is 3. The highest BCUT2D eigenvalue weighted by Crippen LogP contribution is 2.49. The zero-order valence-electron chi connectivity index (χ0n) is 19.6. The molecule has 4 rings (SSSR count). The molecule has 180 valence electrons. The molecule has 0 radical (unpaired) electrons. The van der Waals surface area contributed by atoms with Crippen molar-refractivity contribution in [3.63, 3.8) is 0 Å². The van der Waals surface area contributed by atoms with Crippen LogP contribution in [-0.2, 0) is 4.74 Å². The maximum absolute atomic E-state index is 13.9. The van der Waals surface area contributed by atoms with Crippen LogP contribution in [0.4, 0.5) is 14.9 Å². The number of amides is 1. The Kier molecular flexibility index (Phi) is 6.58. The number of fused-ring (bicyclic) bond motifs is 1. The number of nitrogens with two attached hydrogens (primary N) is 1. The van der Waals surface area contributed by atoms with Gasteiger partial charge in [0.25, 0.3) is 0 Å². The number of likely N-dealkylation sites (tertiary alicyclic amines) is 1. The fourth-order valence-corrected chi connectivity index (χ4v) is 5.32. The molecule has 2 aromatic rings. The number of nitrogens with zero attached hydrogens (tertiary/aromatic N) is 3. The van der Waals surface area contributed by atoms with Gasteiger partial charge in [0.05, 0.1) is 16.6 Å². The Hall–Kier alpha value is -3.07. The standard InChI is InChI=1S/C25H29FN4O3S/c1-24(2,3)33-23(32)30-9-8-17-10-20(29-19-6-4-18(26)5-7-19)16(12-27)11-25(17,14-30)22(31)21-13-34-15-28-21/h4-7,12-13,15,17H,8-11,14,27H2,1-3H3/b16-12-,29-20?/t17-,25-/m0/s1. The molecule has 1 aliphatic heterocycles. The number of hydrogen-bond donors (Lipinski definition) is 1. The fraction of sp³-hybridized carbons (Fsp3) is 0.440. The first kappa shape index (κ1) is 24.1. The van der Waals surface area contributed by atoms with E-state index in [4.69, 9.17) is 15.5 Å². The second-order valence-corrected chi connectivity index (χ2v) is 10.6. The number of aromatic nitrogens is 1. The third kappa shape index (κ3) is 4.89. The molecule has 9 heteroatoms. The van der Waals surface area contributed by atoms with E-state index in [1.165, 1.54) is 29.7 Å². The highest BCUT2D eigenvalue weighted by Gasteiger charge is 2.54. The van der Waals surface area contributed by atoms with Gasteiger partial charge < -0.3 is 15.4 Å². The number of halogens is 1. The summed E-state index contributed by atoms with van der Waals surface area (Å²) in [7, 11) is 0. The minimum absolute atomic E-state index is 0.0525. The number of benzene rings is 1. The molecule has 2 N–H and O–H groups in total. The Bertz CT molecular complexity index is 1120. The van der Waals surface area contributed by atoms with Crippen molar-refractivity contribution in [2.24, 2.45) is 22.1 Å². The Labute approximate surface area is 202 Å². The largest absolute Gasteiger partial charge is 0.444 e. The summed E-state index contributed by atoms with van der Waals surface area (Å²) in [6.45, 7) is 6.17. The summed E-state index contributed by atoms with van der Waals surface area (Å²) in [5.41, 5.74) is 8.69. The van der Waals surface area contributed by atoms with Crippen molar-refractivity contribution in [2.75, 3.05) is 13.1 Å². The smallest absolute Gasteiger partial charge is 0.410 e. The van der Waals surface area contributed by atoms with Crippen LogP contribution in [0.1, 0.15) is 50.5 Å². The molecule has 1 aliphatic carbocycles. The molecule has 34 heavy (non-hydrogen) atoms. The number of ether oxygens (including phenoxy) is 1. The molecule has 1 amide bonds. The van der Waals surface area contributed by atoms with Gasteiger partial charge in [-0.1, -0.05) is 0 Å². The van der Waals surface area contributed by atoms with Gasteiger partial charge in [-0.2, -0.15) is 0 Å². The lowest BCUT2D eigenvalue weighted by molar-refractivity contribution is -0.00829. The third-order valence-electron chi connectivity index (χ3n) is 6.38. The summed E-state index contributed by atoms with van der Waals surface area (Å²) >= 11 is 1.36. The second-order valence-electron chi connectivity index (χ2n) is 9.85. The quantitative estimate of drug-likeness (QED) is 0.610. The van der Waals surface area contributed by atoms with E-state index in [1.807, 2.05) is 20.8 Å². The van der Waals surface area contributed by atoms with Crippen LogP contribution in [0.5, 0.6) is 0 Å². The Morgan fingerprint density at radius 2 is 2.06 bits per heavy atom. The fourth-order valence-electron chi connectivity index (χ4n) is 4.78. The lowest BCUT2D eigenvalue weighted by atomic mass is 9.58. The molecule has 7 nitrogen and oxygen atoms in total. The van der Waals surface area contributed by atoms with Gasteiger partial charge in [0.15, 0.2) is 5.78 Å². The molecule has 2 fully saturated rings. The zero-order valence-corrected chi connectivity index (χ0v) is 20.4. The third-order valence-corrected chi connectivity index (χ3v) is 6.97. The Morgan fingerprint density at radius 3 is 2.68 bits per heavy atom. The van der Waals surface area contributed by atoms with Gasteiger partial charge >= 0.3 is 6.09 Å². The molecule has 2 heterocycles. The predicted molar refractivity (Wildman–Crippen MR) is 130 cm³/mol. The van der Waals surface area contributed by atoms with Crippen molar-refractivity contribution in [3.8, 4) is 0 Å². The van der Waals surface area contributed by atoms with Gasteiger partial charge in [0, 0.05) is 24.2 Å². The number of ketones is 1. The summed E-state index contributed by atoms with van der Waals surface area (Å²) in [6, 6.07) is 5.96. The normalized spacial score (nSPS) is 25.3. The number of aliphatic imine (C=N–C) groups is 1. The van der Waals surface area contributed by atoms with Crippen LogP contribution >= 0.6 is 11.3 Å². The van der Waals surface area contributed by atoms with E-state index >= 15 is 0 Å². The number of allylic oxidation sites excluding steroid dienone is 1. The van der Waals surface area contributed by atoms with Crippen LogP contribution in [0, 0.1) is 17.2 Å². The number of hydrogen-bond acceptors (Lipinski definition) is 7. The van der Waals surface area contributed by atoms with Crippen molar-refractivity contribution >= 4 is 34.6 Å². The van der Waals surface area contributed by atoms with Crippen molar-refractivity contribution in [3.05, 3.63) is 58.4 Å². The van der Waals surface area contributed by atoms with E-state index in [1.54, 1.807) is 27.9 Å². The predicted octanol–water partition coefficient (Wildman–Crippen LogP) is 5.12. The molecule has 1 aromatic carbocycles. The van der Waals surface area contributed by atoms with Gasteiger partial charge in [-0.25, -0.2) is 14.2 Å². The molecule has 2 atom stereocenters. The van der Waals surface area contributed by atoms with Crippen LogP contribution in [0.2, 0.25) is 0 Å². The van der Waals surface area contributed by atoms with Gasteiger partial charge in [0.2, 0.25) is 0 Å².